The van der Waals surface area contributed by atoms with E-state index >= 15 is 0 Å². The number of hydrogen-bond acceptors (Lipinski definition) is 3. The van der Waals surface area contributed by atoms with Crippen molar-refractivity contribution in [3.63, 3.8) is 0 Å². The molecule has 1 aliphatic rings. The summed E-state index contributed by atoms with van der Waals surface area (Å²) < 4.78 is 39.9. The zero-order valence-corrected chi connectivity index (χ0v) is 10.7. The first-order valence-electron chi connectivity index (χ1n) is 5.80. The van der Waals surface area contributed by atoms with Gasteiger partial charge in [0.25, 0.3) is 0 Å². The molecule has 8 heteroatoms. The van der Waals surface area contributed by atoms with Crippen LogP contribution in [-0.4, -0.2) is 47.9 Å². The lowest BCUT2D eigenvalue weighted by molar-refractivity contribution is -0.162. The number of carboxylic acids is 1. The summed E-state index contributed by atoms with van der Waals surface area (Å²) >= 11 is 0. The Bertz CT molecular complexity index is 369. The van der Waals surface area contributed by atoms with Gasteiger partial charge < -0.3 is 14.7 Å². The molecule has 1 rings (SSSR count). The third kappa shape index (κ3) is 3.51. The molecule has 0 bridgehead atoms. The molecule has 0 radical (unpaired) electrons. The van der Waals surface area contributed by atoms with Crippen LogP contribution in [0.4, 0.5) is 18.0 Å². The second-order valence-electron chi connectivity index (χ2n) is 4.96. The van der Waals surface area contributed by atoms with Crippen LogP contribution < -0.4 is 0 Å². The van der Waals surface area contributed by atoms with Gasteiger partial charge >= 0.3 is 18.2 Å². The molecule has 1 aliphatic heterocycles. The van der Waals surface area contributed by atoms with Crippen molar-refractivity contribution in [3.05, 3.63) is 0 Å². The lowest BCUT2D eigenvalue weighted by atomic mass is 9.76. The van der Waals surface area contributed by atoms with E-state index in [0.29, 0.717) is 0 Å². The zero-order valence-electron chi connectivity index (χ0n) is 10.7. The number of aliphatic carboxylic acids is 1. The number of amides is 1. The van der Waals surface area contributed by atoms with Gasteiger partial charge in [-0.05, 0) is 12.3 Å². The molecule has 1 saturated heterocycles. The summed E-state index contributed by atoms with van der Waals surface area (Å²) in [4.78, 5) is 23.7. The molecule has 1 amide bonds. The second-order valence-corrected chi connectivity index (χ2v) is 4.96. The Hall–Kier alpha value is -1.47. The normalized spacial score (nSPS) is 23.8. The van der Waals surface area contributed by atoms with Crippen molar-refractivity contribution in [1.29, 1.82) is 0 Å². The van der Waals surface area contributed by atoms with E-state index in [2.05, 4.69) is 4.74 Å². The van der Waals surface area contributed by atoms with Gasteiger partial charge in [-0.25, -0.2) is 4.79 Å². The molecule has 0 aromatic heterocycles. The molecule has 0 aliphatic carbocycles. The van der Waals surface area contributed by atoms with Crippen LogP contribution in [-0.2, 0) is 9.53 Å². The van der Waals surface area contributed by atoms with E-state index in [1.165, 1.54) is 0 Å². The highest BCUT2D eigenvalue weighted by atomic mass is 19.4. The fraction of sp³-hybridized carbons (Fsp3) is 0.818. The van der Waals surface area contributed by atoms with Crippen LogP contribution in [0.15, 0.2) is 0 Å². The number of carbonyl (C=O) groups excluding carboxylic acids is 1. The molecule has 1 fully saturated rings. The first-order valence-corrected chi connectivity index (χ1v) is 5.80. The van der Waals surface area contributed by atoms with Crippen molar-refractivity contribution in [2.45, 2.75) is 26.4 Å². The fourth-order valence-electron chi connectivity index (χ4n) is 2.12. The zero-order chi connectivity index (χ0) is 14.8. The number of likely N-dealkylation sites (tertiary alicyclic amines) is 1. The predicted octanol–water partition coefficient (Wildman–Crippen LogP) is 2.12. The number of halogens is 3. The minimum absolute atomic E-state index is 0.0845. The molecule has 1 unspecified atom stereocenters. The van der Waals surface area contributed by atoms with Gasteiger partial charge in [-0.3, -0.25) is 4.79 Å². The Kier molecular flexibility index (Phi) is 4.32. The Balaban J connectivity index is 2.65. The van der Waals surface area contributed by atoms with Crippen molar-refractivity contribution >= 4 is 12.1 Å². The summed E-state index contributed by atoms with van der Waals surface area (Å²) in [5.74, 6) is -1.28. The molecule has 0 aromatic carbocycles. The molecule has 1 N–H and O–H groups in total. The van der Waals surface area contributed by atoms with Gasteiger partial charge in [0.2, 0.25) is 0 Å². The largest absolute Gasteiger partial charge is 0.481 e. The van der Waals surface area contributed by atoms with E-state index in [0.717, 1.165) is 4.90 Å². The molecule has 0 spiro atoms. The number of rotatable bonds is 3. The second kappa shape index (κ2) is 5.26. The molecular weight excluding hydrogens is 267 g/mol. The molecule has 1 heterocycles. The first kappa shape index (κ1) is 15.6. The molecular formula is C11H16F3NO4. The first-order chi connectivity index (χ1) is 8.58. The van der Waals surface area contributed by atoms with Gasteiger partial charge in [0.15, 0.2) is 6.61 Å². The predicted molar refractivity (Wildman–Crippen MR) is 58.5 cm³/mol. The quantitative estimate of drug-likeness (QED) is 0.861. The van der Waals surface area contributed by atoms with Crippen molar-refractivity contribution in [1.82, 2.24) is 4.90 Å². The average molecular weight is 283 g/mol. The SMILES string of the molecule is CC(C)C1(C(=O)O)CCN(C(=O)OCC(F)(F)F)C1. The van der Waals surface area contributed by atoms with Gasteiger partial charge in [-0.1, -0.05) is 13.8 Å². The molecule has 0 saturated carbocycles. The molecule has 110 valence electrons. The summed E-state index contributed by atoms with van der Waals surface area (Å²) in [6.45, 7) is 1.71. The lowest BCUT2D eigenvalue weighted by Gasteiger charge is -2.28. The summed E-state index contributed by atoms with van der Waals surface area (Å²) in [5, 5.41) is 9.23. The van der Waals surface area contributed by atoms with E-state index in [4.69, 9.17) is 0 Å². The summed E-state index contributed by atoms with van der Waals surface area (Å²) in [5.41, 5.74) is -1.11. The molecule has 19 heavy (non-hydrogen) atoms. The minimum atomic E-state index is -4.59. The number of carboxylic acid groups (broad SMARTS) is 1. The highest BCUT2D eigenvalue weighted by Crippen LogP contribution is 2.38. The van der Waals surface area contributed by atoms with Gasteiger partial charge in [-0.2, -0.15) is 13.2 Å². The molecule has 0 aromatic rings. The van der Waals surface area contributed by atoms with E-state index in [1.54, 1.807) is 13.8 Å². The van der Waals surface area contributed by atoms with Crippen LogP contribution in [0.2, 0.25) is 0 Å². The van der Waals surface area contributed by atoms with Gasteiger partial charge in [0.05, 0.1) is 5.41 Å². The summed E-state index contributed by atoms with van der Waals surface area (Å²) in [7, 11) is 0. The standard InChI is InChI=1S/C11H16F3NO4/c1-7(2)10(8(16)17)3-4-15(5-10)9(18)19-6-11(12,13)14/h7H,3-6H2,1-2H3,(H,16,17). The number of ether oxygens (including phenoxy) is 1. The minimum Gasteiger partial charge on any atom is -0.481 e. The Labute approximate surface area is 108 Å². The van der Waals surface area contributed by atoms with E-state index in [-0.39, 0.29) is 25.4 Å². The molecule has 5 nitrogen and oxygen atoms in total. The fourth-order valence-corrected chi connectivity index (χ4v) is 2.12. The van der Waals surface area contributed by atoms with Crippen LogP contribution in [0.5, 0.6) is 0 Å². The van der Waals surface area contributed by atoms with Gasteiger partial charge in [0, 0.05) is 13.1 Å². The van der Waals surface area contributed by atoms with E-state index in [1.807, 2.05) is 0 Å². The van der Waals surface area contributed by atoms with Crippen molar-refractivity contribution in [2.24, 2.45) is 11.3 Å². The van der Waals surface area contributed by atoms with Crippen LogP contribution in [0.25, 0.3) is 0 Å². The highest BCUT2D eigenvalue weighted by Gasteiger charge is 2.49. The lowest BCUT2D eigenvalue weighted by Crippen LogP contribution is -2.41. The summed E-state index contributed by atoms with van der Waals surface area (Å²) in [6.07, 6.45) is -5.50. The maximum Gasteiger partial charge on any atom is 0.422 e. The topological polar surface area (TPSA) is 66.8 Å². The Morgan fingerprint density at radius 1 is 1.42 bits per heavy atom. The van der Waals surface area contributed by atoms with Crippen molar-refractivity contribution in [2.75, 3.05) is 19.7 Å². The van der Waals surface area contributed by atoms with E-state index < -0.39 is 30.3 Å². The Morgan fingerprint density at radius 3 is 2.37 bits per heavy atom. The van der Waals surface area contributed by atoms with Crippen LogP contribution in [0, 0.1) is 11.3 Å². The molecule has 1 atom stereocenters. The monoisotopic (exact) mass is 283 g/mol. The van der Waals surface area contributed by atoms with E-state index in [9.17, 15) is 27.9 Å². The number of nitrogens with zero attached hydrogens (tertiary/aromatic N) is 1. The smallest absolute Gasteiger partial charge is 0.422 e. The van der Waals surface area contributed by atoms with Crippen LogP contribution >= 0.6 is 0 Å². The number of alkyl halides is 3. The van der Waals surface area contributed by atoms with Crippen LogP contribution in [0.1, 0.15) is 20.3 Å². The maximum absolute atomic E-state index is 11.9. The van der Waals surface area contributed by atoms with Crippen molar-refractivity contribution < 1.29 is 32.6 Å². The maximum atomic E-state index is 11.9. The number of hydrogen-bond donors (Lipinski definition) is 1. The highest BCUT2D eigenvalue weighted by molar-refractivity contribution is 5.78. The van der Waals surface area contributed by atoms with Gasteiger partial charge in [-0.15, -0.1) is 0 Å². The average Bonchev–Trinajstić information content (AvgIpc) is 2.70. The van der Waals surface area contributed by atoms with Crippen molar-refractivity contribution in [3.8, 4) is 0 Å². The third-order valence-electron chi connectivity index (χ3n) is 3.45. The van der Waals surface area contributed by atoms with Gasteiger partial charge in [0.1, 0.15) is 0 Å². The summed E-state index contributed by atoms with van der Waals surface area (Å²) in [6, 6.07) is 0. The number of carbonyl (C=O) groups is 2. The van der Waals surface area contributed by atoms with Crippen LogP contribution in [0.3, 0.4) is 0 Å². The Morgan fingerprint density at radius 2 is 2.00 bits per heavy atom. The third-order valence-corrected chi connectivity index (χ3v) is 3.45.